The normalized spacial score (nSPS) is 11.2. The van der Waals surface area contributed by atoms with Gasteiger partial charge in [-0.05, 0) is 52.2 Å². The van der Waals surface area contributed by atoms with Gasteiger partial charge in [-0.1, -0.05) is 30.3 Å². The summed E-state index contributed by atoms with van der Waals surface area (Å²) in [5, 5.41) is 4.75. The standard InChI is InChI=1S/C25H25NO5/c1-16(27)26-21(15-24(28)31-4)13-17-8-9-19-14-20(11-10-18(19)12-17)25-22(29-2)6-5-7-23(25)30-3/h5-14H,15H2,1-4H3,(H,26,27)/b21-13+. The summed E-state index contributed by atoms with van der Waals surface area (Å²) in [6, 6.07) is 17.7. The van der Waals surface area contributed by atoms with Crippen LogP contribution >= 0.6 is 0 Å². The summed E-state index contributed by atoms with van der Waals surface area (Å²) < 4.78 is 15.8. The van der Waals surface area contributed by atoms with E-state index in [-0.39, 0.29) is 12.3 Å². The van der Waals surface area contributed by atoms with Crippen LogP contribution in [0.1, 0.15) is 18.9 Å². The third kappa shape index (κ3) is 5.22. The van der Waals surface area contributed by atoms with Gasteiger partial charge in [-0.3, -0.25) is 9.59 Å². The molecule has 1 amide bonds. The first-order valence-electron chi connectivity index (χ1n) is 9.75. The second-order valence-corrected chi connectivity index (χ2v) is 6.96. The average Bonchev–Trinajstić information content (AvgIpc) is 2.77. The molecule has 0 unspecified atom stereocenters. The second-order valence-electron chi connectivity index (χ2n) is 6.96. The highest BCUT2D eigenvalue weighted by atomic mass is 16.5. The van der Waals surface area contributed by atoms with Gasteiger partial charge in [-0.15, -0.1) is 0 Å². The van der Waals surface area contributed by atoms with Crippen molar-refractivity contribution in [3.05, 3.63) is 65.9 Å². The first-order chi connectivity index (χ1) is 14.9. The van der Waals surface area contributed by atoms with Crippen LogP contribution in [-0.4, -0.2) is 33.2 Å². The predicted octanol–water partition coefficient (Wildman–Crippen LogP) is 4.56. The van der Waals surface area contributed by atoms with Crippen LogP contribution in [0.5, 0.6) is 11.5 Å². The highest BCUT2D eigenvalue weighted by Gasteiger charge is 2.13. The van der Waals surface area contributed by atoms with Crippen LogP contribution < -0.4 is 14.8 Å². The van der Waals surface area contributed by atoms with E-state index in [1.165, 1.54) is 14.0 Å². The minimum atomic E-state index is -0.420. The molecule has 0 atom stereocenters. The van der Waals surface area contributed by atoms with E-state index < -0.39 is 5.97 Å². The van der Waals surface area contributed by atoms with E-state index >= 15 is 0 Å². The lowest BCUT2D eigenvalue weighted by atomic mass is 9.98. The molecule has 0 aromatic heterocycles. The maximum atomic E-state index is 11.6. The van der Waals surface area contributed by atoms with E-state index in [1.54, 1.807) is 20.3 Å². The zero-order valence-corrected chi connectivity index (χ0v) is 18.0. The summed E-state index contributed by atoms with van der Waals surface area (Å²) in [5.41, 5.74) is 3.22. The Morgan fingerprint density at radius 2 is 1.55 bits per heavy atom. The summed E-state index contributed by atoms with van der Waals surface area (Å²) in [6.45, 7) is 1.40. The lowest BCUT2D eigenvalue weighted by Crippen LogP contribution is -2.21. The number of ether oxygens (including phenoxy) is 3. The van der Waals surface area contributed by atoms with E-state index in [1.807, 2.05) is 48.5 Å². The van der Waals surface area contributed by atoms with Crippen molar-refractivity contribution >= 4 is 28.7 Å². The summed E-state index contributed by atoms with van der Waals surface area (Å²) in [5.74, 6) is 0.810. The molecule has 0 saturated carbocycles. The van der Waals surface area contributed by atoms with Crippen molar-refractivity contribution in [3.8, 4) is 22.6 Å². The topological polar surface area (TPSA) is 73.9 Å². The monoisotopic (exact) mass is 419 g/mol. The molecule has 3 rings (SSSR count). The minimum absolute atomic E-state index is 0.0132. The Morgan fingerprint density at radius 1 is 0.903 bits per heavy atom. The number of hydrogen-bond acceptors (Lipinski definition) is 5. The number of carbonyl (C=O) groups is 2. The van der Waals surface area contributed by atoms with Crippen LogP contribution in [0.3, 0.4) is 0 Å². The summed E-state index contributed by atoms with van der Waals surface area (Å²) >= 11 is 0. The molecule has 1 N–H and O–H groups in total. The highest BCUT2D eigenvalue weighted by Crippen LogP contribution is 2.39. The van der Waals surface area contributed by atoms with Gasteiger partial charge in [0.15, 0.2) is 0 Å². The molecule has 0 aliphatic rings. The predicted molar refractivity (Wildman–Crippen MR) is 121 cm³/mol. The quantitative estimate of drug-likeness (QED) is 0.568. The fourth-order valence-electron chi connectivity index (χ4n) is 3.43. The number of nitrogens with one attached hydrogen (secondary N) is 1. The highest BCUT2D eigenvalue weighted by molar-refractivity contribution is 5.91. The zero-order chi connectivity index (χ0) is 22.4. The van der Waals surface area contributed by atoms with Crippen molar-refractivity contribution in [1.82, 2.24) is 5.32 Å². The van der Waals surface area contributed by atoms with Crippen LogP contribution in [0.15, 0.2) is 60.3 Å². The average molecular weight is 419 g/mol. The Labute approximate surface area is 181 Å². The second kappa shape index (κ2) is 9.80. The molecule has 160 valence electrons. The van der Waals surface area contributed by atoms with E-state index in [9.17, 15) is 9.59 Å². The van der Waals surface area contributed by atoms with Crippen LogP contribution in [-0.2, 0) is 14.3 Å². The minimum Gasteiger partial charge on any atom is -0.496 e. The molecule has 0 saturated heterocycles. The van der Waals surface area contributed by atoms with Gasteiger partial charge >= 0.3 is 5.97 Å². The number of hydrogen-bond donors (Lipinski definition) is 1. The number of methoxy groups -OCH3 is 3. The van der Waals surface area contributed by atoms with Gasteiger partial charge < -0.3 is 19.5 Å². The maximum Gasteiger partial charge on any atom is 0.311 e. The lowest BCUT2D eigenvalue weighted by molar-refractivity contribution is -0.139. The van der Waals surface area contributed by atoms with Gasteiger partial charge in [0.05, 0.1) is 33.3 Å². The van der Waals surface area contributed by atoms with Crippen molar-refractivity contribution in [2.45, 2.75) is 13.3 Å². The molecule has 3 aromatic rings. The molecule has 0 fully saturated rings. The number of esters is 1. The number of carbonyl (C=O) groups excluding carboxylic acids is 2. The number of rotatable bonds is 7. The molecule has 6 nitrogen and oxygen atoms in total. The Morgan fingerprint density at radius 3 is 2.16 bits per heavy atom. The third-order valence-corrected chi connectivity index (χ3v) is 4.82. The van der Waals surface area contributed by atoms with Gasteiger partial charge in [-0.2, -0.15) is 0 Å². The van der Waals surface area contributed by atoms with E-state index in [0.717, 1.165) is 39.0 Å². The largest absolute Gasteiger partial charge is 0.496 e. The van der Waals surface area contributed by atoms with Crippen LogP contribution in [0.2, 0.25) is 0 Å². The summed E-state index contributed by atoms with van der Waals surface area (Å²) in [4.78, 5) is 23.1. The fraction of sp³-hybridized carbons (Fsp3) is 0.200. The van der Waals surface area contributed by atoms with Crippen LogP contribution in [0.4, 0.5) is 0 Å². The van der Waals surface area contributed by atoms with Crippen LogP contribution in [0.25, 0.3) is 28.0 Å². The van der Waals surface area contributed by atoms with Gasteiger partial charge in [0.1, 0.15) is 11.5 Å². The van der Waals surface area contributed by atoms with Gasteiger partial charge in [0.2, 0.25) is 5.91 Å². The lowest BCUT2D eigenvalue weighted by Gasteiger charge is -2.14. The molecular formula is C25H25NO5. The summed E-state index contributed by atoms with van der Waals surface area (Å²) in [6.07, 6.45) is 1.76. The Balaban J connectivity index is 2.00. The van der Waals surface area contributed by atoms with Gasteiger partial charge in [0.25, 0.3) is 0 Å². The smallest absolute Gasteiger partial charge is 0.311 e. The molecule has 0 aliphatic heterocycles. The van der Waals surface area contributed by atoms with Crippen molar-refractivity contribution in [3.63, 3.8) is 0 Å². The Kier molecular flexibility index (Phi) is 6.92. The molecule has 3 aromatic carbocycles. The van der Waals surface area contributed by atoms with Crippen molar-refractivity contribution < 1.29 is 23.8 Å². The number of amides is 1. The SMILES string of the molecule is COC(=O)C/C(=C\c1ccc2cc(-c3c(OC)cccc3OC)ccc2c1)NC(C)=O. The number of benzene rings is 3. The molecular weight excluding hydrogens is 394 g/mol. The zero-order valence-electron chi connectivity index (χ0n) is 18.0. The van der Waals surface area contributed by atoms with E-state index in [0.29, 0.717) is 5.70 Å². The van der Waals surface area contributed by atoms with Gasteiger partial charge in [-0.25, -0.2) is 0 Å². The molecule has 31 heavy (non-hydrogen) atoms. The molecule has 0 heterocycles. The third-order valence-electron chi connectivity index (χ3n) is 4.82. The van der Waals surface area contributed by atoms with Crippen molar-refractivity contribution in [2.75, 3.05) is 21.3 Å². The molecule has 0 bridgehead atoms. The molecule has 0 radical (unpaired) electrons. The first-order valence-corrected chi connectivity index (χ1v) is 9.75. The Hall–Kier alpha value is -3.80. The Bertz CT molecular complexity index is 1130. The number of fused-ring (bicyclic) bond motifs is 1. The molecule has 0 aliphatic carbocycles. The van der Waals surface area contributed by atoms with Crippen molar-refractivity contribution in [1.29, 1.82) is 0 Å². The fourth-order valence-corrected chi connectivity index (χ4v) is 3.43. The van der Waals surface area contributed by atoms with Gasteiger partial charge in [0, 0.05) is 12.6 Å². The molecule has 0 spiro atoms. The van der Waals surface area contributed by atoms with Crippen molar-refractivity contribution in [2.24, 2.45) is 0 Å². The first kappa shape index (κ1) is 21.9. The van der Waals surface area contributed by atoms with E-state index in [4.69, 9.17) is 14.2 Å². The molecule has 6 heteroatoms. The van der Waals surface area contributed by atoms with Crippen LogP contribution in [0, 0.1) is 0 Å². The van der Waals surface area contributed by atoms with E-state index in [2.05, 4.69) is 11.4 Å². The summed E-state index contributed by atoms with van der Waals surface area (Å²) in [7, 11) is 4.59. The maximum absolute atomic E-state index is 11.6.